The van der Waals surface area contributed by atoms with Gasteiger partial charge in [-0.15, -0.1) is 11.3 Å². The van der Waals surface area contributed by atoms with Crippen molar-refractivity contribution in [2.75, 3.05) is 6.54 Å². The number of carbonyl (C=O) groups is 1. The Morgan fingerprint density at radius 2 is 1.97 bits per heavy atom. The molecule has 7 heteroatoms. The van der Waals surface area contributed by atoms with Crippen LogP contribution in [0.1, 0.15) is 26.4 Å². The lowest BCUT2D eigenvalue weighted by molar-refractivity contribution is 0.0737. The molecule has 150 valence electrons. The van der Waals surface area contributed by atoms with Gasteiger partial charge in [-0.3, -0.25) is 14.2 Å². The number of nitrogens with zero attached hydrogens (tertiary/aromatic N) is 3. The molecular formula is C23H18ClN3O2S. The van der Waals surface area contributed by atoms with E-state index in [1.165, 1.54) is 11.3 Å². The Labute approximate surface area is 182 Å². The van der Waals surface area contributed by atoms with E-state index in [1.807, 2.05) is 35.2 Å². The molecule has 30 heavy (non-hydrogen) atoms. The number of carbonyl (C=O) groups excluding carboxylic acids is 1. The maximum absolute atomic E-state index is 13.2. The number of rotatable bonds is 3. The van der Waals surface area contributed by atoms with E-state index in [0.29, 0.717) is 42.0 Å². The summed E-state index contributed by atoms with van der Waals surface area (Å²) in [6.45, 7) is 1.55. The molecule has 0 atom stereocenters. The summed E-state index contributed by atoms with van der Waals surface area (Å²) in [5, 5.41) is 1.24. The van der Waals surface area contributed by atoms with E-state index in [2.05, 4.69) is 4.98 Å². The number of halogens is 1. The molecule has 4 aromatic rings. The fourth-order valence-electron chi connectivity index (χ4n) is 3.89. The van der Waals surface area contributed by atoms with Crippen molar-refractivity contribution >= 4 is 39.1 Å². The molecule has 0 N–H and O–H groups in total. The van der Waals surface area contributed by atoms with Gasteiger partial charge >= 0.3 is 0 Å². The summed E-state index contributed by atoms with van der Waals surface area (Å²) in [5.74, 6) is -0.0462. The quantitative estimate of drug-likeness (QED) is 0.480. The molecule has 3 heterocycles. The summed E-state index contributed by atoms with van der Waals surface area (Å²) in [6.07, 6.45) is 2.27. The number of fused-ring (bicyclic) bond motifs is 3. The van der Waals surface area contributed by atoms with Crippen molar-refractivity contribution in [1.29, 1.82) is 0 Å². The molecule has 0 saturated carbocycles. The maximum atomic E-state index is 13.2. The average molecular weight is 436 g/mol. The van der Waals surface area contributed by atoms with Crippen LogP contribution in [0.5, 0.6) is 0 Å². The molecule has 5 rings (SSSR count). The molecule has 0 unspecified atom stereocenters. The van der Waals surface area contributed by atoms with Crippen LogP contribution in [-0.2, 0) is 19.5 Å². The van der Waals surface area contributed by atoms with Gasteiger partial charge in [-0.25, -0.2) is 4.98 Å². The summed E-state index contributed by atoms with van der Waals surface area (Å²) >= 11 is 7.54. The fourth-order valence-corrected chi connectivity index (χ4v) is 5.27. The summed E-state index contributed by atoms with van der Waals surface area (Å²) in [7, 11) is 0. The Kier molecular flexibility index (Phi) is 4.89. The number of hydrogen-bond acceptors (Lipinski definition) is 4. The number of benzene rings is 2. The van der Waals surface area contributed by atoms with E-state index in [4.69, 9.17) is 11.6 Å². The van der Waals surface area contributed by atoms with Gasteiger partial charge < -0.3 is 4.90 Å². The molecule has 1 aliphatic heterocycles. The highest BCUT2D eigenvalue weighted by Gasteiger charge is 2.27. The second-order valence-corrected chi connectivity index (χ2v) is 8.85. The lowest BCUT2D eigenvalue weighted by Gasteiger charge is -2.27. The second kappa shape index (κ2) is 7.70. The average Bonchev–Trinajstić information content (AvgIpc) is 3.14. The largest absolute Gasteiger partial charge is 0.333 e. The van der Waals surface area contributed by atoms with Crippen LogP contribution in [0.4, 0.5) is 0 Å². The highest BCUT2D eigenvalue weighted by molar-refractivity contribution is 7.18. The van der Waals surface area contributed by atoms with Crippen molar-refractivity contribution in [3.8, 4) is 0 Å². The first-order valence-electron chi connectivity index (χ1n) is 9.68. The van der Waals surface area contributed by atoms with Crippen LogP contribution < -0.4 is 5.56 Å². The smallest absolute Gasteiger partial charge is 0.262 e. The zero-order valence-electron chi connectivity index (χ0n) is 16.0. The van der Waals surface area contributed by atoms with Crippen LogP contribution in [0.2, 0.25) is 5.02 Å². The van der Waals surface area contributed by atoms with Gasteiger partial charge in [0.05, 0.1) is 24.8 Å². The minimum absolute atomic E-state index is 0.0176. The molecule has 0 radical (unpaired) electrons. The van der Waals surface area contributed by atoms with Crippen molar-refractivity contribution in [3.05, 3.63) is 97.9 Å². The molecule has 1 amide bonds. The highest BCUT2D eigenvalue weighted by Crippen LogP contribution is 2.33. The van der Waals surface area contributed by atoms with Crippen molar-refractivity contribution in [3.63, 3.8) is 0 Å². The number of aromatic nitrogens is 2. The van der Waals surface area contributed by atoms with E-state index < -0.39 is 0 Å². The third-order valence-corrected chi connectivity index (χ3v) is 6.74. The standard InChI is InChI=1S/C23H18ClN3O2S/c24-17-8-4-7-16(11-17)22(28)26-10-9-18-19(13-26)30-21-20(18)23(29)27(14-25-21)12-15-5-2-1-3-6-15/h1-8,11,14H,9-10,12-13H2. The Balaban J connectivity index is 1.47. The summed E-state index contributed by atoms with van der Waals surface area (Å²) in [4.78, 5) is 34.2. The van der Waals surface area contributed by atoms with Gasteiger partial charge in [-0.05, 0) is 35.7 Å². The topological polar surface area (TPSA) is 55.2 Å². The molecule has 0 fully saturated rings. The molecular weight excluding hydrogens is 418 g/mol. The molecule has 0 bridgehead atoms. The van der Waals surface area contributed by atoms with Crippen molar-refractivity contribution in [1.82, 2.24) is 14.5 Å². The van der Waals surface area contributed by atoms with Crippen molar-refractivity contribution in [2.45, 2.75) is 19.5 Å². The van der Waals surface area contributed by atoms with Gasteiger partial charge in [-0.1, -0.05) is 48.0 Å². The van der Waals surface area contributed by atoms with E-state index in [1.54, 1.807) is 35.2 Å². The van der Waals surface area contributed by atoms with Crippen molar-refractivity contribution < 1.29 is 4.79 Å². The fraction of sp³-hybridized carbons (Fsp3) is 0.174. The monoisotopic (exact) mass is 435 g/mol. The number of thiophene rings is 1. The molecule has 2 aromatic carbocycles. The van der Waals surface area contributed by atoms with Crippen LogP contribution in [-0.4, -0.2) is 26.9 Å². The molecule has 0 spiro atoms. The van der Waals surface area contributed by atoms with Gasteiger partial charge in [0.25, 0.3) is 11.5 Å². The summed E-state index contributed by atoms with van der Waals surface area (Å²) in [5.41, 5.74) is 2.65. The van der Waals surface area contributed by atoms with Gasteiger partial charge in [0.15, 0.2) is 0 Å². The van der Waals surface area contributed by atoms with E-state index >= 15 is 0 Å². The van der Waals surface area contributed by atoms with Crippen molar-refractivity contribution in [2.24, 2.45) is 0 Å². The summed E-state index contributed by atoms with van der Waals surface area (Å²) < 4.78 is 1.66. The Hall–Kier alpha value is -2.96. The van der Waals surface area contributed by atoms with Crippen LogP contribution in [0, 0.1) is 0 Å². The third-order valence-electron chi connectivity index (χ3n) is 5.38. The highest BCUT2D eigenvalue weighted by atomic mass is 35.5. The summed E-state index contributed by atoms with van der Waals surface area (Å²) in [6, 6.07) is 16.9. The van der Waals surface area contributed by atoms with Gasteiger partial charge in [0, 0.05) is 22.0 Å². The van der Waals surface area contributed by atoms with Crippen LogP contribution in [0.25, 0.3) is 10.2 Å². The molecule has 0 saturated heterocycles. The van der Waals surface area contributed by atoms with Crippen LogP contribution in [0.15, 0.2) is 65.7 Å². The van der Waals surface area contributed by atoms with Crippen LogP contribution >= 0.6 is 22.9 Å². The zero-order chi connectivity index (χ0) is 20.7. The third kappa shape index (κ3) is 3.42. The predicted octanol–water partition coefficient (Wildman–Crippen LogP) is 4.36. The molecule has 1 aliphatic rings. The van der Waals surface area contributed by atoms with Gasteiger partial charge in [0.2, 0.25) is 0 Å². The first kappa shape index (κ1) is 19.0. The Bertz CT molecular complexity index is 1310. The van der Waals surface area contributed by atoms with E-state index in [9.17, 15) is 9.59 Å². The minimum Gasteiger partial charge on any atom is -0.333 e. The van der Waals surface area contributed by atoms with E-state index in [0.717, 1.165) is 20.8 Å². The Morgan fingerprint density at radius 1 is 1.13 bits per heavy atom. The molecule has 5 nitrogen and oxygen atoms in total. The normalized spacial score (nSPS) is 13.4. The van der Waals surface area contributed by atoms with E-state index in [-0.39, 0.29) is 11.5 Å². The molecule has 2 aromatic heterocycles. The first-order valence-corrected chi connectivity index (χ1v) is 10.9. The zero-order valence-corrected chi connectivity index (χ0v) is 17.6. The lowest BCUT2D eigenvalue weighted by atomic mass is 10.0. The second-order valence-electron chi connectivity index (χ2n) is 7.33. The Morgan fingerprint density at radius 3 is 2.77 bits per heavy atom. The first-order chi connectivity index (χ1) is 14.6. The SMILES string of the molecule is O=C(c1cccc(Cl)c1)N1CCc2c(sc3ncn(Cc4ccccc4)c(=O)c23)C1. The van der Waals surface area contributed by atoms with Crippen LogP contribution in [0.3, 0.4) is 0 Å². The molecule has 0 aliphatic carbocycles. The lowest BCUT2D eigenvalue weighted by Crippen LogP contribution is -2.35. The van der Waals surface area contributed by atoms with Gasteiger partial charge in [-0.2, -0.15) is 0 Å². The number of hydrogen-bond donors (Lipinski definition) is 0. The maximum Gasteiger partial charge on any atom is 0.262 e. The van der Waals surface area contributed by atoms with Gasteiger partial charge in [0.1, 0.15) is 4.83 Å². The minimum atomic E-state index is -0.0462. The number of amides is 1. The predicted molar refractivity (Wildman–Crippen MR) is 119 cm³/mol.